The Bertz CT molecular complexity index is 663. The second-order valence-electron chi connectivity index (χ2n) is 3.66. The number of halogens is 1. The third-order valence-electron chi connectivity index (χ3n) is 2.34. The van der Waals surface area contributed by atoms with E-state index in [0.717, 1.165) is 12.1 Å². The quantitative estimate of drug-likeness (QED) is 0.862. The number of nitrogens with zero attached hydrogens (tertiary/aromatic N) is 2. The average molecular weight is 257 g/mol. The van der Waals surface area contributed by atoms with Crippen molar-refractivity contribution in [1.82, 2.24) is 4.98 Å². The van der Waals surface area contributed by atoms with Gasteiger partial charge in [0.1, 0.15) is 23.5 Å². The molecule has 0 radical (unpaired) electrons. The minimum absolute atomic E-state index is 0.0624. The average Bonchev–Trinajstić information content (AvgIpc) is 2.39. The number of phenols is 1. The number of carbonyl (C=O) groups excluding carboxylic acids is 1. The molecule has 1 amide bonds. The summed E-state index contributed by atoms with van der Waals surface area (Å²) in [4.78, 5) is 15.7. The number of hydrogen-bond acceptors (Lipinski definition) is 4. The number of pyridine rings is 1. The molecule has 1 aromatic heterocycles. The summed E-state index contributed by atoms with van der Waals surface area (Å²) in [5, 5.41) is 20.5. The maximum absolute atomic E-state index is 12.8. The molecule has 2 aromatic rings. The minimum atomic E-state index is -0.634. The van der Waals surface area contributed by atoms with Gasteiger partial charge in [-0.3, -0.25) is 4.79 Å². The number of benzene rings is 1. The summed E-state index contributed by atoms with van der Waals surface area (Å²) in [5.74, 6) is -1.47. The van der Waals surface area contributed by atoms with Crippen molar-refractivity contribution in [2.24, 2.45) is 0 Å². The molecule has 0 atom stereocenters. The first-order chi connectivity index (χ1) is 9.10. The molecule has 0 saturated heterocycles. The van der Waals surface area contributed by atoms with Crippen molar-refractivity contribution in [1.29, 1.82) is 5.26 Å². The van der Waals surface area contributed by atoms with E-state index in [4.69, 9.17) is 5.26 Å². The fourth-order valence-electron chi connectivity index (χ4n) is 1.41. The number of amides is 1. The van der Waals surface area contributed by atoms with E-state index in [1.165, 1.54) is 24.4 Å². The number of aromatic nitrogens is 1. The predicted octanol–water partition coefficient (Wildman–Crippen LogP) is 2.05. The van der Waals surface area contributed by atoms with Crippen LogP contribution in [0.15, 0.2) is 36.5 Å². The van der Waals surface area contributed by atoms with Crippen LogP contribution in [0.25, 0.3) is 0 Å². The first kappa shape index (κ1) is 12.5. The lowest BCUT2D eigenvalue weighted by molar-refractivity contribution is 0.102. The number of rotatable bonds is 2. The molecule has 0 spiro atoms. The summed E-state index contributed by atoms with van der Waals surface area (Å²) in [6.07, 6.45) is 1.31. The van der Waals surface area contributed by atoms with Crippen molar-refractivity contribution >= 4 is 11.7 Å². The monoisotopic (exact) mass is 257 g/mol. The molecule has 0 aliphatic carbocycles. The molecule has 0 saturated carbocycles. The van der Waals surface area contributed by atoms with Gasteiger partial charge >= 0.3 is 0 Å². The topological polar surface area (TPSA) is 86.0 Å². The van der Waals surface area contributed by atoms with E-state index in [0.29, 0.717) is 5.56 Å². The SMILES string of the molecule is N#Cc1ccc(NC(=O)c2ccc(F)cc2O)nc1. The molecule has 5 nitrogen and oxygen atoms in total. The lowest BCUT2D eigenvalue weighted by atomic mass is 10.2. The fourth-order valence-corrected chi connectivity index (χ4v) is 1.41. The van der Waals surface area contributed by atoms with Crippen LogP contribution in [-0.4, -0.2) is 16.0 Å². The second kappa shape index (κ2) is 5.14. The van der Waals surface area contributed by atoms with E-state index in [9.17, 15) is 14.3 Å². The Kier molecular flexibility index (Phi) is 3.39. The van der Waals surface area contributed by atoms with Crippen LogP contribution in [-0.2, 0) is 0 Å². The summed E-state index contributed by atoms with van der Waals surface area (Å²) < 4.78 is 12.8. The van der Waals surface area contributed by atoms with Gasteiger partial charge in [-0.2, -0.15) is 5.26 Å². The Morgan fingerprint density at radius 1 is 1.37 bits per heavy atom. The number of phenolic OH excluding ortho intramolecular Hbond substituents is 1. The van der Waals surface area contributed by atoms with Crippen molar-refractivity contribution in [2.45, 2.75) is 0 Å². The van der Waals surface area contributed by atoms with Crippen LogP contribution >= 0.6 is 0 Å². The molecule has 0 aliphatic heterocycles. The zero-order valence-corrected chi connectivity index (χ0v) is 9.59. The maximum Gasteiger partial charge on any atom is 0.260 e. The third kappa shape index (κ3) is 2.84. The first-order valence-corrected chi connectivity index (χ1v) is 5.26. The van der Waals surface area contributed by atoms with Gasteiger partial charge in [-0.15, -0.1) is 0 Å². The molecule has 2 N–H and O–H groups in total. The molecule has 94 valence electrons. The van der Waals surface area contributed by atoms with E-state index in [-0.39, 0.29) is 11.4 Å². The number of nitrogens with one attached hydrogen (secondary N) is 1. The van der Waals surface area contributed by atoms with Crippen LogP contribution in [0.1, 0.15) is 15.9 Å². The van der Waals surface area contributed by atoms with E-state index in [1.54, 1.807) is 0 Å². The third-order valence-corrected chi connectivity index (χ3v) is 2.34. The maximum atomic E-state index is 12.8. The highest BCUT2D eigenvalue weighted by molar-refractivity contribution is 6.05. The summed E-state index contributed by atoms with van der Waals surface area (Å²) >= 11 is 0. The molecule has 1 heterocycles. The zero-order chi connectivity index (χ0) is 13.8. The normalized spacial score (nSPS) is 9.68. The molecule has 0 fully saturated rings. The lowest BCUT2D eigenvalue weighted by Gasteiger charge is -2.06. The number of nitriles is 1. The van der Waals surface area contributed by atoms with Crippen molar-refractivity contribution in [3.05, 3.63) is 53.5 Å². The molecular formula is C13H8FN3O2. The van der Waals surface area contributed by atoms with Crippen LogP contribution in [0.5, 0.6) is 5.75 Å². The van der Waals surface area contributed by atoms with Crippen molar-refractivity contribution in [2.75, 3.05) is 5.32 Å². The van der Waals surface area contributed by atoms with Gasteiger partial charge < -0.3 is 10.4 Å². The van der Waals surface area contributed by atoms with E-state index < -0.39 is 17.5 Å². The molecule has 2 rings (SSSR count). The van der Waals surface area contributed by atoms with Crippen LogP contribution in [0.3, 0.4) is 0 Å². The fraction of sp³-hybridized carbons (Fsp3) is 0. The molecular weight excluding hydrogens is 249 g/mol. The van der Waals surface area contributed by atoms with E-state index in [1.807, 2.05) is 6.07 Å². The molecule has 6 heteroatoms. The van der Waals surface area contributed by atoms with Crippen molar-refractivity contribution in [3.8, 4) is 11.8 Å². The van der Waals surface area contributed by atoms with Gasteiger partial charge in [-0.05, 0) is 24.3 Å². The lowest BCUT2D eigenvalue weighted by Crippen LogP contribution is -2.13. The largest absolute Gasteiger partial charge is 0.507 e. The first-order valence-electron chi connectivity index (χ1n) is 5.26. The highest BCUT2D eigenvalue weighted by Gasteiger charge is 2.12. The number of anilines is 1. The number of aromatic hydroxyl groups is 1. The number of carbonyl (C=O) groups is 1. The summed E-state index contributed by atoms with van der Waals surface area (Å²) in [7, 11) is 0. The molecule has 19 heavy (non-hydrogen) atoms. The van der Waals surface area contributed by atoms with Crippen LogP contribution in [0, 0.1) is 17.1 Å². The van der Waals surface area contributed by atoms with E-state index in [2.05, 4.69) is 10.3 Å². The Labute approximate surface area is 108 Å². The van der Waals surface area contributed by atoms with Gasteiger partial charge in [0.2, 0.25) is 0 Å². The van der Waals surface area contributed by atoms with Crippen molar-refractivity contribution in [3.63, 3.8) is 0 Å². The highest BCUT2D eigenvalue weighted by atomic mass is 19.1. The van der Waals surface area contributed by atoms with Gasteiger partial charge in [0, 0.05) is 12.3 Å². The summed E-state index contributed by atoms with van der Waals surface area (Å²) in [6.45, 7) is 0. The van der Waals surface area contributed by atoms with Gasteiger partial charge in [0.25, 0.3) is 5.91 Å². The highest BCUT2D eigenvalue weighted by Crippen LogP contribution is 2.19. The molecule has 0 unspecified atom stereocenters. The Hall–Kier alpha value is -2.94. The second-order valence-corrected chi connectivity index (χ2v) is 3.66. The van der Waals surface area contributed by atoms with E-state index >= 15 is 0 Å². The van der Waals surface area contributed by atoms with Crippen molar-refractivity contribution < 1.29 is 14.3 Å². The van der Waals surface area contributed by atoms with Gasteiger partial charge in [0.15, 0.2) is 0 Å². The summed E-state index contributed by atoms with van der Waals surface area (Å²) in [5.41, 5.74) is 0.301. The van der Waals surface area contributed by atoms with Gasteiger partial charge in [-0.1, -0.05) is 0 Å². The Balaban J connectivity index is 2.18. The van der Waals surface area contributed by atoms with Gasteiger partial charge in [-0.25, -0.2) is 9.37 Å². The standard InChI is InChI=1S/C13H8FN3O2/c14-9-2-3-10(11(18)5-9)13(19)17-12-4-1-8(6-15)7-16-12/h1-5,7,18H,(H,16,17,19). The summed E-state index contributed by atoms with van der Waals surface area (Å²) in [6, 6.07) is 7.94. The smallest absolute Gasteiger partial charge is 0.260 e. The van der Waals surface area contributed by atoms with Crippen LogP contribution in [0.4, 0.5) is 10.2 Å². The predicted molar refractivity (Wildman–Crippen MR) is 65.0 cm³/mol. The molecule has 0 aliphatic rings. The van der Waals surface area contributed by atoms with Gasteiger partial charge in [0.05, 0.1) is 11.1 Å². The van der Waals surface area contributed by atoms with Crippen LogP contribution < -0.4 is 5.32 Å². The molecule has 0 bridgehead atoms. The Morgan fingerprint density at radius 3 is 2.74 bits per heavy atom. The zero-order valence-electron chi connectivity index (χ0n) is 9.59. The minimum Gasteiger partial charge on any atom is -0.507 e. The van der Waals surface area contributed by atoms with Crippen LogP contribution in [0.2, 0.25) is 0 Å². The number of hydrogen-bond donors (Lipinski definition) is 2. The Morgan fingerprint density at radius 2 is 2.16 bits per heavy atom. The molecule has 1 aromatic carbocycles.